The van der Waals surface area contributed by atoms with Gasteiger partial charge >= 0.3 is 0 Å². The number of fused-ring (bicyclic) bond motifs is 1. The molecule has 0 spiro atoms. The third-order valence-electron chi connectivity index (χ3n) is 4.19. The van der Waals surface area contributed by atoms with Gasteiger partial charge in [-0.25, -0.2) is 9.49 Å². The van der Waals surface area contributed by atoms with E-state index < -0.39 is 5.82 Å². The number of carbonyl (C=O) groups is 1. The number of rotatable bonds is 4. The summed E-state index contributed by atoms with van der Waals surface area (Å²) in [6, 6.07) is 14.9. The largest absolute Gasteiger partial charge is 0.453 e. The number of aromatic nitrogens is 2. The maximum absolute atomic E-state index is 14.2. The van der Waals surface area contributed by atoms with E-state index in [-0.39, 0.29) is 22.6 Å². The van der Waals surface area contributed by atoms with Crippen molar-refractivity contribution in [2.75, 3.05) is 0 Å². The molecule has 2 aromatic heterocycles. The fourth-order valence-corrected chi connectivity index (χ4v) is 2.93. The van der Waals surface area contributed by atoms with Gasteiger partial charge in [0.25, 0.3) is 5.56 Å². The highest BCUT2D eigenvalue weighted by molar-refractivity contribution is 5.83. The Labute approximate surface area is 147 Å². The number of nitrogens with one attached hydrogen (secondary N) is 1. The number of halogens is 1. The fraction of sp³-hybridized carbons (Fsp3) is 0.0500. The van der Waals surface area contributed by atoms with Crippen LogP contribution >= 0.6 is 0 Å². The van der Waals surface area contributed by atoms with Crippen LogP contribution in [0, 0.1) is 5.82 Å². The van der Waals surface area contributed by atoms with Crippen LogP contribution in [-0.4, -0.2) is 16.5 Å². The minimum Gasteiger partial charge on any atom is -0.453 e. The van der Waals surface area contributed by atoms with Gasteiger partial charge in [0.05, 0.1) is 16.6 Å². The molecule has 4 aromatic rings. The van der Waals surface area contributed by atoms with E-state index in [9.17, 15) is 14.0 Å². The van der Waals surface area contributed by atoms with E-state index >= 15 is 0 Å². The minimum atomic E-state index is -0.445. The standard InChI is InChI=1S/C20H13FN2O3/c21-17-7-5-12(9-16(17)19-8-6-13(11-24)26-19)10-18-14-3-1-2-4-15(14)20(25)23-22-18/h1-9,11H,10H2,(H,23,25). The van der Waals surface area contributed by atoms with Crippen molar-refractivity contribution in [2.24, 2.45) is 0 Å². The number of carbonyl (C=O) groups excluding carboxylic acids is 1. The second-order valence-electron chi connectivity index (χ2n) is 5.86. The summed E-state index contributed by atoms with van der Waals surface area (Å²) in [6.45, 7) is 0. The molecule has 0 saturated heterocycles. The summed E-state index contributed by atoms with van der Waals surface area (Å²) < 4.78 is 19.5. The lowest BCUT2D eigenvalue weighted by molar-refractivity contribution is 0.110. The zero-order chi connectivity index (χ0) is 18.1. The van der Waals surface area contributed by atoms with E-state index in [4.69, 9.17) is 4.42 Å². The summed E-state index contributed by atoms with van der Waals surface area (Å²) in [7, 11) is 0. The van der Waals surface area contributed by atoms with Gasteiger partial charge < -0.3 is 4.42 Å². The summed E-state index contributed by atoms with van der Waals surface area (Å²) in [5.41, 5.74) is 1.51. The predicted molar refractivity (Wildman–Crippen MR) is 94.7 cm³/mol. The Morgan fingerprint density at radius 3 is 2.65 bits per heavy atom. The van der Waals surface area contributed by atoms with Crippen molar-refractivity contribution in [1.82, 2.24) is 10.2 Å². The predicted octanol–water partition coefficient (Wildman–Crippen LogP) is 3.73. The average molecular weight is 348 g/mol. The first-order valence-corrected chi connectivity index (χ1v) is 7.96. The topological polar surface area (TPSA) is 76.0 Å². The van der Waals surface area contributed by atoms with Gasteiger partial charge in [-0.2, -0.15) is 5.10 Å². The summed E-state index contributed by atoms with van der Waals surface area (Å²) in [4.78, 5) is 22.7. The molecule has 0 radical (unpaired) electrons. The number of hydrogen-bond acceptors (Lipinski definition) is 4. The molecule has 0 fully saturated rings. The molecule has 0 atom stereocenters. The summed E-state index contributed by atoms with van der Waals surface area (Å²) in [6.07, 6.45) is 0.980. The molecule has 0 aliphatic carbocycles. The number of aldehydes is 1. The van der Waals surface area contributed by atoms with E-state index in [0.717, 1.165) is 10.9 Å². The molecular formula is C20H13FN2O3. The lowest BCUT2D eigenvalue weighted by Crippen LogP contribution is -2.11. The maximum atomic E-state index is 14.2. The maximum Gasteiger partial charge on any atom is 0.272 e. The number of nitrogens with zero attached hydrogens (tertiary/aromatic N) is 1. The lowest BCUT2D eigenvalue weighted by atomic mass is 10.0. The fourth-order valence-electron chi connectivity index (χ4n) is 2.93. The van der Waals surface area contributed by atoms with Crippen LogP contribution in [0.15, 0.2) is 63.8 Å². The van der Waals surface area contributed by atoms with Crippen molar-refractivity contribution in [3.63, 3.8) is 0 Å². The summed E-state index contributed by atoms with van der Waals surface area (Å²) in [5, 5.41) is 7.95. The second kappa shape index (κ2) is 6.40. The monoisotopic (exact) mass is 348 g/mol. The SMILES string of the molecule is O=Cc1ccc(-c2cc(Cc3n[nH]c(=O)c4ccccc34)ccc2F)o1. The Hall–Kier alpha value is -3.54. The van der Waals surface area contributed by atoms with Crippen LogP contribution in [0.2, 0.25) is 0 Å². The van der Waals surface area contributed by atoms with Crippen LogP contribution in [0.5, 0.6) is 0 Å². The minimum absolute atomic E-state index is 0.137. The van der Waals surface area contributed by atoms with Crippen LogP contribution in [-0.2, 0) is 6.42 Å². The molecule has 128 valence electrons. The molecule has 0 saturated carbocycles. The van der Waals surface area contributed by atoms with Crippen molar-refractivity contribution in [3.05, 3.63) is 87.8 Å². The van der Waals surface area contributed by atoms with Gasteiger partial charge in [-0.1, -0.05) is 24.3 Å². The molecule has 1 N–H and O–H groups in total. The van der Waals surface area contributed by atoms with Crippen LogP contribution in [0.1, 0.15) is 21.8 Å². The van der Waals surface area contributed by atoms with Crippen molar-refractivity contribution in [2.45, 2.75) is 6.42 Å². The quantitative estimate of drug-likeness (QED) is 0.570. The first-order chi connectivity index (χ1) is 12.7. The molecule has 26 heavy (non-hydrogen) atoms. The third kappa shape index (κ3) is 2.82. The second-order valence-corrected chi connectivity index (χ2v) is 5.86. The Morgan fingerprint density at radius 1 is 1.08 bits per heavy atom. The highest BCUT2D eigenvalue weighted by Gasteiger charge is 2.13. The van der Waals surface area contributed by atoms with Gasteiger partial charge in [-0.3, -0.25) is 9.59 Å². The first-order valence-electron chi connectivity index (χ1n) is 7.96. The average Bonchev–Trinajstić information content (AvgIpc) is 3.15. The van der Waals surface area contributed by atoms with E-state index in [2.05, 4.69) is 10.2 Å². The number of furan rings is 1. The Morgan fingerprint density at radius 2 is 1.88 bits per heavy atom. The van der Waals surface area contributed by atoms with Crippen LogP contribution < -0.4 is 5.56 Å². The number of H-pyrrole nitrogens is 1. The van der Waals surface area contributed by atoms with Crippen molar-refractivity contribution < 1.29 is 13.6 Å². The van der Waals surface area contributed by atoms with Crippen LogP contribution in [0.3, 0.4) is 0 Å². The lowest BCUT2D eigenvalue weighted by Gasteiger charge is -2.07. The van der Waals surface area contributed by atoms with Gasteiger partial charge in [0.1, 0.15) is 11.6 Å². The third-order valence-corrected chi connectivity index (χ3v) is 4.19. The zero-order valence-corrected chi connectivity index (χ0v) is 13.5. The molecule has 5 nitrogen and oxygen atoms in total. The molecule has 0 unspecified atom stereocenters. The Balaban J connectivity index is 1.76. The highest BCUT2D eigenvalue weighted by atomic mass is 19.1. The number of aromatic amines is 1. The summed E-state index contributed by atoms with van der Waals surface area (Å²) in [5.74, 6) is -0.0244. The van der Waals surface area contributed by atoms with Gasteiger partial charge in [0.15, 0.2) is 12.0 Å². The molecule has 2 heterocycles. The number of hydrogen-bond donors (Lipinski definition) is 1. The van der Waals surface area contributed by atoms with E-state index in [1.165, 1.54) is 12.1 Å². The van der Waals surface area contributed by atoms with Crippen molar-refractivity contribution >= 4 is 17.1 Å². The van der Waals surface area contributed by atoms with Crippen molar-refractivity contribution in [3.8, 4) is 11.3 Å². The van der Waals surface area contributed by atoms with Gasteiger partial charge in [-0.05, 0) is 35.9 Å². The Bertz CT molecular complexity index is 1180. The molecule has 0 aliphatic rings. The van der Waals surface area contributed by atoms with Gasteiger partial charge in [-0.15, -0.1) is 0 Å². The smallest absolute Gasteiger partial charge is 0.272 e. The normalized spacial score (nSPS) is 11.0. The Kier molecular flexibility index (Phi) is 3.93. The van der Waals surface area contributed by atoms with Crippen molar-refractivity contribution in [1.29, 1.82) is 0 Å². The number of benzene rings is 2. The molecule has 0 amide bonds. The first kappa shape index (κ1) is 16.0. The van der Waals surface area contributed by atoms with E-state index in [0.29, 0.717) is 23.8 Å². The zero-order valence-electron chi connectivity index (χ0n) is 13.5. The summed E-state index contributed by atoms with van der Waals surface area (Å²) >= 11 is 0. The van der Waals surface area contributed by atoms with Crippen LogP contribution in [0.25, 0.3) is 22.1 Å². The van der Waals surface area contributed by atoms with Gasteiger partial charge in [0, 0.05) is 11.8 Å². The molecule has 2 aromatic carbocycles. The molecular weight excluding hydrogens is 335 g/mol. The molecule has 6 heteroatoms. The molecule has 0 bridgehead atoms. The van der Waals surface area contributed by atoms with E-state index in [1.807, 2.05) is 12.1 Å². The van der Waals surface area contributed by atoms with Crippen LogP contribution in [0.4, 0.5) is 4.39 Å². The van der Waals surface area contributed by atoms with Gasteiger partial charge in [0.2, 0.25) is 0 Å². The highest BCUT2D eigenvalue weighted by Crippen LogP contribution is 2.27. The van der Waals surface area contributed by atoms with E-state index in [1.54, 1.807) is 30.3 Å². The molecule has 0 aliphatic heterocycles. The molecule has 4 rings (SSSR count).